The number of urea groups is 1. The Morgan fingerprint density at radius 1 is 1.14 bits per heavy atom. The quantitative estimate of drug-likeness (QED) is 0.946. The van der Waals surface area contributed by atoms with E-state index in [1.807, 2.05) is 40.0 Å². The van der Waals surface area contributed by atoms with Gasteiger partial charge in [-0.3, -0.25) is 4.68 Å². The maximum Gasteiger partial charge on any atom is 0.317 e. The van der Waals surface area contributed by atoms with E-state index in [0.717, 1.165) is 43.6 Å². The minimum atomic E-state index is 0.0837. The van der Waals surface area contributed by atoms with Crippen molar-refractivity contribution in [3.8, 4) is 11.3 Å². The molecule has 0 radical (unpaired) electrons. The fourth-order valence-corrected chi connectivity index (χ4v) is 3.08. The van der Waals surface area contributed by atoms with Crippen LogP contribution in [-0.4, -0.2) is 39.8 Å². The van der Waals surface area contributed by atoms with Gasteiger partial charge in [0.25, 0.3) is 0 Å². The molecule has 2 fully saturated rings. The topological polar surface area (TPSA) is 50.2 Å². The van der Waals surface area contributed by atoms with Crippen molar-refractivity contribution in [2.45, 2.75) is 31.3 Å². The predicted molar refractivity (Wildman–Crippen MR) is 84.4 cm³/mol. The van der Waals surface area contributed by atoms with Crippen LogP contribution in [0.1, 0.15) is 25.3 Å². The summed E-state index contributed by atoms with van der Waals surface area (Å²) in [5, 5.41) is 7.77. The lowest BCUT2D eigenvalue weighted by molar-refractivity contribution is 0.207. The highest BCUT2D eigenvalue weighted by Crippen LogP contribution is 2.36. The van der Waals surface area contributed by atoms with Gasteiger partial charge < -0.3 is 10.2 Å². The molecule has 4 rings (SSSR count). The maximum atomic E-state index is 12.1. The molecule has 114 valence electrons. The van der Waals surface area contributed by atoms with Gasteiger partial charge in [0.2, 0.25) is 0 Å². The lowest BCUT2D eigenvalue weighted by Gasteiger charge is -2.16. The molecule has 2 aromatic rings. The summed E-state index contributed by atoms with van der Waals surface area (Å²) in [4.78, 5) is 14.0. The molecule has 1 aromatic carbocycles. The number of carbonyl (C=O) groups excluding carboxylic acids is 1. The number of carbonyl (C=O) groups is 1. The number of hydrogen-bond donors (Lipinski definition) is 1. The third-order valence-corrected chi connectivity index (χ3v) is 4.48. The second kappa shape index (κ2) is 5.48. The Morgan fingerprint density at radius 3 is 2.68 bits per heavy atom. The molecule has 1 aliphatic heterocycles. The molecule has 2 aliphatic rings. The fraction of sp³-hybridized carbons (Fsp3) is 0.412. The van der Waals surface area contributed by atoms with Crippen molar-refractivity contribution in [2.24, 2.45) is 0 Å². The Balaban J connectivity index is 1.38. The number of nitrogens with one attached hydrogen (secondary N) is 1. The van der Waals surface area contributed by atoms with Crippen LogP contribution in [0.4, 0.5) is 4.79 Å². The van der Waals surface area contributed by atoms with Gasteiger partial charge in [-0.05, 0) is 25.3 Å². The van der Waals surface area contributed by atoms with Crippen LogP contribution in [0.5, 0.6) is 0 Å². The molecular weight excluding hydrogens is 276 g/mol. The highest BCUT2D eigenvalue weighted by atomic mass is 16.2. The first-order valence-corrected chi connectivity index (χ1v) is 7.97. The number of aromatic nitrogens is 2. The van der Waals surface area contributed by atoms with E-state index in [2.05, 4.69) is 22.5 Å². The molecule has 1 saturated heterocycles. The summed E-state index contributed by atoms with van der Waals surface area (Å²) in [6.07, 6.45) is 5.23. The Bertz CT molecular complexity index is 660. The van der Waals surface area contributed by atoms with Crippen LogP contribution in [0.2, 0.25) is 0 Å². The van der Waals surface area contributed by atoms with Crippen molar-refractivity contribution < 1.29 is 4.79 Å². The van der Waals surface area contributed by atoms with Crippen LogP contribution >= 0.6 is 0 Å². The van der Waals surface area contributed by atoms with Crippen molar-refractivity contribution in [3.63, 3.8) is 0 Å². The van der Waals surface area contributed by atoms with E-state index in [0.29, 0.717) is 6.04 Å². The van der Waals surface area contributed by atoms with Crippen molar-refractivity contribution in [2.75, 3.05) is 13.1 Å². The molecule has 0 spiro atoms. The number of benzene rings is 1. The Labute approximate surface area is 129 Å². The van der Waals surface area contributed by atoms with Gasteiger partial charge in [0.05, 0.1) is 17.8 Å². The zero-order chi connectivity index (χ0) is 14.9. The molecule has 1 saturated carbocycles. The Kier molecular flexibility index (Phi) is 3.33. The van der Waals surface area contributed by atoms with Gasteiger partial charge in [0.15, 0.2) is 0 Å². The molecule has 5 heteroatoms. The molecular formula is C17H20N4O. The van der Waals surface area contributed by atoms with E-state index in [4.69, 9.17) is 0 Å². The SMILES string of the molecule is O=C(NC1CC1n1ccc(-c2ccccc2)n1)N1CCCC1. The lowest BCUT2D eigenvalue weighted by Crippen LogP contribution is -2.39. The number of nitrogens with zero attached hydrogens (tertiary/aromatic N) is 3. The molecule has 1 aromatic heterocycles. The molecule has 22 heavy (non-hydrogen) atoms. The minimum Gasteiger partial charge on any atom is -0.333 e. The molecule has 2 amide bonds. The zero-order valence-electron chi connectivity index (χ0n) is 12.5. The lowest BCUT2D eigenvalue weighted by atomic mass is 10.2. The summed E-state index contributed by atoms with van der Waals surface area (Å²) in [5.74, 6) is 0. The van der Waals surface area contributed by atoms with Crippen LogP contribution in [0.25, 0.3) is 11.3 Å². The first-order chi connectivity index (χ1) is 10.8. The van der Waals surface area contributed by atoms with E-state index < -0.39 is 0 Å². The highest BCUT2D eigenvalue weighted by Gasteiger charge is 2.41. The van der Waals surface area contributed by atoms with Gasteiger partial charge in [-0.1, -0.05) is 30.3 Å². The number of hydrogen-bond acceptors (Lipinski definition) is 2. The van der Waals surface area contributed by atoms with Crippen molar-refractivity contribution in [1.29, 1.82) is 0 Å². The van der Waals surface area contributed by atoms with Gasteiger partial charge >= 0.3 is 6.03 Å². The Hall–Kier alpha value is -2.30. The highest BCUT2D eigenvalue weighted by molar-refractivity contribution is 5.75. The van der Waals surface area contributed by atoms with E-state index in [1.54, 1.807) is 0 Å². The van der Waals surface area contributed by atoms with Crippen molar-refractivity contribution in [3.05, 3.63) is 42.6 Å². The third kappa shape index (κ3) is 2.58. The average Bonchev–Trinajstić information content (AvgIpc) is 3.02. The van der Waals surface area contributed by atoms with Gasteiger partial charge in [-0.25, -0.2) is 4.79 Å². The van der Waals surface area contributed by atoms with Crippen LogP contribution in [0.15, 0.2) is 42.6 Å². The molecule has 2 unspecified atom stereocenters. The summed E-state index contributed by atoms with van der Waals surface area (Å²) >= 11 is 0. The minimum absolute atomic E-state index is 0.0837. The van der Waals surface area contributed by atoms with Crippen LogP contribution in [0.3, 0.4) is 0 Å². The Morgan fingerprint density at radius 2 is 1.91 bits per heavy atom. The summed E-state index contributed by atoms with van der Waals surface area (Å²) in [5.41, 5.74) is 2.11. The van der Waals surface area contributed by atoms with E-state index >= 15 is 0 Å². The first kappa shape index (κ1) is 13.4. The van der Waals surface area contributed by atoms with Gasteiger partial charge in [-0.2, -0.15) is 5.10 Å². The smallest absolute Gasteiger partial charge is 0.317 e. The number of rotatable bonds is 3. The molecule has 1 aliphatic carbocycles. The molecule has 0 bridgehead atoms. The molecule has 2 heterocycles. The van der Waals surface area contributed by atoms with E-state index in [1.165, 1.54) is 0 Å². The van der Waals surface area contributed by atoms with Gasteiger partial charge in [-0.15, -0.1) is 0 Å². The summed E-state index contributed by atoms with van der Waals surface area (Å²) in [7, 11) is 0. The summed E-state index contributed by atoms with van der Waals surface area (Å²) in [6, 6.07) is 12.8. The standard InChI is InChI=1S/C17H20N4O/c22-17(20-9-4-5-10-20)18-15-12-16(15)21-11-8-14(19-21)13-6-2-1-3-7-13/h1-3,6-8,11,15-16H,4-5,9-10,12H2,(H,18,22). The summed E-state index contributed by atoms with van der Waals surface area (Å²) < 4.78 is 1.98. The molecule has 5 nitrogen and oxygen atoms in total. The van der Waals surface area contributed by atoms with Gasteiger partial charge in [0, 0.05) is 24.8 Å². The predicted octanol–water partition coefficient (Wildman–Crippen LogP) is 2.67. The normalized spacial score (nSPS) is 23.5. The van der Waals surface area contributed by atoms with E-state index in [9.17, 15) is 4.79 Å². The van der Waals surface area contributed by atoms with Crippen LogP contribution in [0, 0.1) is 0 Å². The maximum absolute atomic E-state index is 12.1. The fourth-order valence-electron chi connectivity index (χ4n) is 3.08. The monoisotopic (exact) mass is 296 g/mol. The van der Waals surface area contributed by atoms with Crippen molar-refractivity contribution >= 4 is 6.03 Å². The number of amides is 2. The molecule has 2 atom stereocenters. The summed E-state index contributed by atoms with van der Waals surface area (Å²) in [6.45, 7) is 1.78. The van der Waals surface area contributed by atoms with Crippen molar-refractivity contribution in [1.82, 2.24) is 20.0 Å². The third-order valence-electron chi connectivity index (χ3n) is 4.48. The zero-order valence-corrected chi connectivity index (χ0v) is 12.5. The van der Waals surface area contributed by atoms with Crippen LogP contribution < -0.4 is 5.32 Å². The number of likely N-dealkylation sites (tertiary alicyclic amines) is 1. The second-order valence-corrected chi connectivity index (χ2v) is 6.10. The first-order valence-electron chi connectivity index (χ1n) is 7.97. The largest absolute Gasteiger partial charge is 0.333 e. The van der Waals surface area contributed by atoms with Gasteiger partial charge in [0.1, 0.15) is 0 Å². The average molecular weight is 296 g/mol. The van der Waals surface area contributed by atoms with E-state index in [-0.39, 0.29) is 12.1 Å². The second-order valence-electron chi connectivity index (χ2n) is 6.10. The molecule has 1 N–H and O–H groups in total. The van der Waals surface area contributed by atoms with Crippen LogP contribution in [-0.2, 0) is 0 Å².